The van der Waals surface area contributed by atoms with Crippen molar-refractivity contribution >= 4 is 17.1 Å². The highest BCUT2D eigenvalue weighted by atomic mass is 32.2. The third-order valence-corrected chi connectivity index (χ3v) is 3.50. The zero-order valence-electron chi connectivity index (χ0n) is 8.23. The lowest BCUT2D eigenvalue weighted by atomic mass is 10.2. The van der Waals surface area contributed by atoms with Crippen LogP contribution in [0.2, 0.25) is 0 Å². The smallest absolute Gasteiger partial charge is 0.151 e. The predicted molar refractivity (Wildman–Crippen MR) is 58.0 cm³/mol. The van der Waals surface area contributed by atoms with Gasteiger partial charge in [0.05, 0.1) is 10.8 Å². The molecule has 0 spiro atoms. The molecule has 0 aliphatic carbocycles. The number of carbonyl (C=O) groups is 1. The normalized spacial score (nSPS) is 12.4. The molecule has 1 aromatic carbocycles. The molecule has 0 aliphatic heterocycles. The van der Waals surface area contributed by atoms with E-state index in [0.717, 1.165) is 19.1 Å². The van der Waals surface area contributed by atoms with Crippen LogP contribution in [0.3, 0.4) is 0 Å². The Morgan fingerprint density at radius 1 is 1.36 bits per heavy atom. The highest BCUT2D eigenvalue weighted by Crippen LogP contribution is 2.12. The van der Waals surface area contributed by atoms with Gasteiger partial charge in [-0.3, -0.25) is 9.00 Å². The van der Waals surface area contributed by atoms with Gasteiger partial charge in [-0.15, -0.1) is 0 Å². The molecule has 0 aliphatic rings. The molecule has 14 heavy (non-hydrogen) atoms. The maximum absolute atomic E-state index is 11.7. The van der Waals surface area contributed by atoms with E-state index in [1.807, 2.05) is 6.07 Å². The minimum atomic E-state index is -1.03. The van der Waals surface area contributed by atoms with E-state index in [9.17, 15) is 9.00 Å². The average molecular weight is 210 g/mol. The van der Waals surface area contributed by atoms with Gasteiger partial charge in [-0.25, -0.2) is 0 Å². The molecule has 0 bridgehead atoms. The van der Waals surface area contributed by atoms with Crippen molar-refractivity contribution in [3.63, 3.8) is 0 Å². The Labute approximate surface area is 86.8 Å². The van der Waals surface area contributed by atoms with Crippen LogP contribution in [0.5, 0.6) is 0 Å². The van der Waals surface area contributed by atoms with Gasteiger partial charge in [-0.05, 0) is 12.5 Å². The Balaban J connectivity index is 2.83. The second-order valence-electron chi connectivity index (χ2n) is 3.06. The summed E-state index contributed by atoms with van der Waals surface area (Å²) in [4.78, 5) is 11.3. The van der Waals surface area contributed by atoms with Crippen molar-refractivity contribution in [2.45, 2.75) is 24.7 Å². The topological polar surface area (TPSA) is 34.1 Å². The fourth-order valence-corrected chi connectivity index (χ4v) is 2.55. The summed E-state index contributed by atoms with van der Waals surface area (Å²) in [5.41, 5.74) is 0.543. The number of rotatable bonds is 5. The van der Waals surface area contributed by atoms with E-state index in [2.05, 4.69) is 6.92 Å². The van der Waals surface area contributed by atoms with E-state index in [1.54, 1.807) is 18.2 Å². The zero-order chi connectivity index (χ0) is 10.4. The van der Waals surface area contributed by atoms with Crippen LogP contribution >= 0.6 is 0 Å². The molecular formula is C11H14O2S. The second-order valence-corrected chi connectivity index (χ2v) is 4.60. The molecule has 0 saturated heterocycles. The Kier molecular flexibility index (Phi) is 4.53. The maximum Gasteiger partial charge on any atom is 0.151 e. The molecule has 1 unspecified atom stereocenters. The summed E-state index contributed by atoms with van der Waals surface area (Å²) in [6.07, 6.45) is 2.72. The lowest BCUT2D eigenvalue weighted by Gasteiger charge is -2.03. The van der Waals surface area contributed by atoms with Crippen molar-refractivity contribution in [2.75, 3.05) is 5.75 Å². The summed E-state index contributed by atoms with van der Waals surface area (Å²) < 4.78 is 11.7. The van der Waals surface area contributed by atoms with E-state index in [-0.39, 0.29) is 0 Å². The van der Waals surface area contributed by atoms with Gasteiger partial charge in [0, 0.05) is 16.2 Å². The van der Waals surface area contributed by atoms with Crippen molar-refractivity contribution in [1.82, 2.24) is 0 Å². The highest BCUT2D eigenvalue weighted by molar-refractivity contribution is 7.85. The Bertz CT molecular complexity index is 334. The van der Waals surface area contributed by atoms with Crippen molar-refractivity contribution in [1.29, 1.82) is 0 Å². The summed E-state index contributed by atoms with van der Waals surface area (Å²) in [5, 5.41) is 0. The average Bonchev–Trinajstić information content (AvgIpc) is 2.25. The first-order valence-corrected chi connectivity index (χ1v) is 6.04. The SMILES string of the molecule is CCCCS(=O)c1ccccc1C=O. The molecule has 1 rings (SSSR count). The molecule has 0 saturated carbocycles. The van der Waals surface area contributed by atoms with Gasteiger partial charge in [0.25, 0.3) is 0 Å². The highest BCUT2D eigenvalue weighted by Gasteiger charge is 2.07. The van der Waals surface area contributed by atoms with Crippen LogP contribution in [0.25, 0.3) is 0 Å². The third-order valence-electron chi connectivity index (χ3n) is 1.97. The van der Waals surface area contributed by atoms with Crippen LogP contribution in [0.1, 0.15) is 30.1 Å². The Morgan fingerprint density at radius 3 is 2.71 bits per heavy atom. The molecule has 0 aromatic heterocycles. The minimum Gasteiger partial charge on any atom is -0.298 e. The standard InChI is InChI=1S/C11H14O2S/c1-2-3-8-14(13)11-7-5-4-6-10(11)9-12/h4-7,9H,2-3,8H2,1H3. The van der Waals surface area contributed by atoms with Crippen LogP contribution in [-0.4, -0.2) is 16.2 Å². The van der Waals surface area contributed by atoms with E-state index in [1.165, 1.54) is 0 Å². The van der Waals surface area contributed by atoms with Crippen LogP contribution in [0, 0.1) is 0 Å². The fourth-order valence-electron chi connectivity index (χ4n) is 1.17. The molecule has 1 atom stereocenters. The third kappa shape index (κ3) is 2.77. The molecule has 0 N–H and O–H groups in total. The van der Waals surface area contributed by atoms with Crippen LogP contribution in [-0.2, 0) is 10.8 Å². The molecule has 0 amide bonds. The summed E-state index contributed by atoms with van der Waals surface area (Å²) in [5.74, 6) is 0.640. The van der Waals surface area contributed by atoms with E-state index in [4.69, 9.17) is 0 Å². The first-order valence-electron chi connectivity index (χ1n) is 4.72. The number of hydrogen-bond donors (Lipinski definition) is 0. The summed E-state index contributed by atoms with van der Waals surface area (Å²) in [6.45, 7) is 2.06. The first-order chi connectivity index (χ1) is 6.79. The molecule has 0 heterocycles. The second kappa shape index (κ2) is 5.70. The quantitative estimate of drug-likeness (QED) is 0.699. The van der Waals surface area contributed by atoms with Crippen LogP contribution in [0.4, 0.5) is 0 Å². The largest absolute Gasteiger partial charge is 0.298 e. The molecule has 0 fully saturated rings. The molecule has 2 nitrogen and oxygen atoms in total. The first kappa shape index (κ1) is 11.1. The summed E-state index contributed by atoms with van der Waals surface area (Å²) in [6, 6.07) is 7.05. The number of unbranched alkanes of at least 4 members (excludes halogenated alkanes) is 1. The van der Waals surface area contributed by atoms with Crippen LogP contribution in [0.15, 0.2) is 29.2 Å². The summed E-state index contributed by atoms with van der Waals surface area (Å²) in [7, 11) is -1.03. The van der Waals surface area contributed by atoms with Gasteiger partial charge in [0.2, 0.25) is 0 Å². The number of aldehydes is 1. The minimum absolute atomic E-state index is 0.543. The molecule has 1 aromatic rings. The number of benzene rings is 1. The monoisotopic (exact) mass is 210 g/mol. The van der Waals surface area contributed by atoms with Crippen molar-refractivity contribution in [2.24, 2.45) is 0 Å². The summed E-state index contributed by atoms with van der Waals surface area (Å²) >= 11 is 0. The predicted octanol–water partition coefficient (Wildman–Crippen LogP) is 2.41. The van der Waals surface area contributed by atoms with Gasteiger partial charge in [-0.2, -0.15) is 0 Å². The van der Waals surface area contributed by atoms with Gasteiger partial charge in [0.1, 0.15) is 0 Å². The van der Waals surface area contributed by atoms with Crippen molar-refractivity contribution < 1.29 is 9.00 Å². The lowest BCUT2D eigenvalue weighted by Crippen LogP contribution is -2.01. The van der Waals surface area contributed by atoms with Gasteiger partial charge < -0.3 is 0 Å². The van der Waals surface area contributed by atoms with Crippen LogP contribution < -0.4 is 0 Å². The van der Waals surface area contributed by atoms with Gasteiger partial charge >= 0.3 is 0 Å². The number of carbonyl (C=O) groups excluding carboxylic acids is 1. The van der Waals surface area contributed by atoms with E-state index < -0.39 is 10.8 Å². The number of hydrogen-bond acceptors (Lipinski definition) is 2. The van der Waals surface area contributed by atoms with E-state index in [0.29, 0.717) is 16.2 Å². The Hall–Kier alpha value is -0.960. The zero-order valence-corrected chi connectivity index (χ0v) is 9.05. The molecular weight excluding hydrogens is 196 g/mol. The molecule has 3 heteroatoms. The van der Waals surface area contributed by atoms with E-state index >= 15 is 0 Å². The lowest BCUT2D eigenvalue weighted by molar-refractivity contribution is 0.112. The maximum atomic E-state index is 11.7. The van der Waals surface area contributed by atoms with Crippen molar-refractivity contribution in [3.05, 3.63) is 29.8 Å². The van der Waals surface area contributed by atoms with Crippen molar-refractivity contribution in [3.8, 4) is 0 Å². The molecule has 0 radical (unpaired) electrons. The Morgan fingerprint density at radius 2 is 2.07 bits per heavy atom. The fraction of sp³-hybridized carbons (Fsp3) is 0.364. The van der Waals surface area contributed by atoms with Gasteiger partial charge in [-0.1, -0.05) is 31.5 Å². The van der Waals surface area contributed by atoms with Gasteiger partial charge in [0.15, 0.2) is 6.29 Å². The molecule has 76 valence electrons.